The Bertz CT molecular complexity index is 632. The zero-order valence-corrected chi connectivity index (χ0v) is 14.6. The highest BCUT2D eigenvalue weighted by Crippen LogP contribution is 2.35. The number of aromatic hydroxyl groups is 1. The molecule has 0 bridgehead atoms. The summed E-state index contributed by atoms with van der Waals surface area (Å²) in [6.45, 7) is 6.65. The maximum absolute atomic E-state index is 9.98. The quantitative estimate of drug-likeness (QED) is 0.643. The summed E-state index contributed by atoms with van der Waals surface area (Å²) in [6.07, 6.45) is 6.58. The van der Waals surface area contributed by atoms with E-state index in [-0.39, 0.29) is 5.75 Å². The second kappa shape index (κ2) is 8.61. The van der Waals surface area contributed by atoms with E-state index in [2.05, 4.69) is 32.9 Å². The molecule has 0 heterocycles. The number of hydrogen-bond donors (Lipinski definition) is 1. The number of rotatable bonds is 8. The molecule has 0 aromatic heterocycles. The summed E-state index contributed by atoms with van der Waals surface area (Å²) in [5, 5.41) is 9.98. The third-order valence-corrected chi connectivity index (χ3v) is 4.09. The van der Waals surface area contributed by atoms with E-state index in [0.29, 0.717) is 5.75 Å². The predicted octanol–water partition coefficient (Wildman–Crippen LogP) is 6.04. The van der Waals surface area contributed by atoms with Gasteiger partial charge < -0.3 is 9.84 Å². The van der Waals surface area contributed by atoms with E-state index < -0.39 is 0 Å². The molecular formula is C21H28O2. The lowest BCUT2D eigenvalue weighted by atomic mass is 9.91. The van der Waals surface area contributed by atoms with Gasteiger partial charge in [-0.1, -0.05) is 58.2 Å². The van der Waals surface area contributed by atoms with Crippen LogP contribution in [0.15, 0.2) is 36.4 Å². The second-order valence-corrected chi connectivity index (χ2v) is 6.00. The largest absolute Gasteiger partial charge is 0.504 e. The van der Waals surface area contributed by atoms with Crippen LogP contribution >= 0.6 is 0 Å². The van der Waals surface area contributed by atoms with Gasteiger partial charge in [-0.25, -0.2) is 0 Å². The van der Waals surface area contributed by atoms with Crippen LogP contribution in [0.3, 0.4) is 0 Å². The van der Waals surface area contributed by atoms with Crippen molar-refractivity contribution < 1.29 is 9.84 Å². The Labute approximate surface area is 140 Å². The molecular weight excluding hydrogens is 284 g/mol. The monoisotopic (exact) mass is 312 g/mol. The number of phenolic OH excluding ortho intramolecular Hbond substituents is 1. The SMILES string of the molecule is CCCc1ccc(Oc2ccccc2O)c(CCC)c1CCC. The molecule has 0 aliphatic carbocycles. The van der Waals surface area contributed by atoms with Crippen molar-refractivity contribution in [2.24, 2.45) is 0 Å². The van der Waals surface area contributed by atoms with Crippen LogP contribution in [-0.4, -0.2) is 5.11 Å². The summed E-state index contributed by atoms with van der Waals surface area (Å²) in [6, 6.07) is 11.4. The van der Waals surface area contributed by atoms with Crippen molar-refractivity contribution >= 4 is 0 Å². The summed E-state index contributed by atoms with van der Waals surface area (Å²) < 4.78 is 6.06. The van der Waals surface area contributed by atoms with Crippen LogP contribution in [0.25, 0.3) is 0 Å². The highest BCUT2D eigenvalue weighted by Gasteiger charge is 2.14. The molecule has 23 heavy (non-hydrogen) atoms. The molecule has 0 saturated carbocycles. The van der Waals surface area contributed by atoms with Crippen LogP contribution in [0.1, 0.15) is 56.7 Å². The van der Waals surface area contributed by atoms with Crippen molar-refractivity contribution in [3.63, 3.8) is 0 Å². The zero-order valence-electron chi connectivity index (χ0n) is 14.6. The first-order valence-corrected chi connectivity index (χ1v) is 8.80. The lowest BCUT2D eigenvalue weighted by molar-refractivity contribution is 0.408. The molecule has 0 aliphatic rings. The Balaban J connectivity index is 2.45. The van der Waals surface area contributed by atoms with E-state index in [1.54, 1.807) is 6.07 Å². The molecule has 1 N–H and O–H groups in total. The van der Waals surface area contributed by atoms with E-state index >= 15 is 0 Å². The van der Waals surface area contributed by atoms with E-state index in [1.807, 2.05) is 18.2 Å². The summed E-state index contributed by atoms with van der Waals surface area (Å²) in [4.78, 5) is 0. The lowest BCUT2D eigenvalue weighted by Gasteiger charge is -2.19. The maximum atomic E-state index is 9.98. The van der Waals surface area contributed by atoms with Gasteiger partial charge in [0, 0.05) is 0 Å². The Kier molecular flexibility index (Phi) is 6.52. The minimum absolute atomic E-state index is 0.185. The normalized spacial score (nSPS) is 10.7. The number of phenols is 1. The van der Waals surface area contributed by atoms with Crippen LogP contribution in [0.2, 0.25) is 0 Å². The van der Waals surface area contributed by atoms with Crippen molar-refractivity contribution in [2.45, 2.75) is 59.3 Å². The van der Waals surface area contributed by atoms with Gasteiger partial charge in [-0.15, -0.1) is 0 Å². The molecule has 2 heteroatoms. The first-order chi connectivity index (χ1) is 11.2. The average Bonchev–Trinajstić information content (AvgIpc) is 2.55. The van der Waals surface area contributed by atoms with Crippen LogP contribution in [0, 0.1) is 0 Å². The van der Waals surface area contributed by atoms with Crippen LogP contribution in [0.4, 0.5) is 0 Å². The molecule has 0 unspecified atom stereocenters. The van der Waals surface area contributed by atoms with Gasteiger partial charge in [0.25, 0.3) is 0 Å². The molecule has 0 spiro atoms. The van der Waals surface area contributed by atoms with Crippen molar-refractivity contribution in [1.29, 1.82) is 0 Å². The van der Waals surface area contributed by atoms with Crippen molar-refractivity contribution in [1.82, 2.24) is 0 Å². The van der Waals surface area contributed by atoms with Gasteiger partial charge in [0.15, 0.2) is 11.5 Å². The molecule has 0 radical (unpaired) electrons. The Morgan fingerprint density at radius 3 is 2.04 bits per heavy atom. The van der Waals surface area contributed by atoms with Crippen molar-refractivity contribution in [3.05, 3.63) is 53.1 Å². The van der Waals surface area contributed by atoms with Crippen LogP contribution < -0.4 is 4.74 Å². The van der Waals surface area contributed by atoms with Gasteiger partial charge in [-0.05, 0) is 54.2 Å². The minimum Gasteiger partial charge on any atom is -0.504 e. The molecule has 2 rings (SSSR count). The van der Waals surface area contributed by atoms with E-state index in [9.17, 15) is 5.11 Å². The van der Waals surface area contributed by atoms with Gasteiger partial charge in [0.1, 0.15) is 5.75 Å². The lowest BCUT2D eigenvalue weighted by Crippen LogP contribution is -2.03. The van der Waals surface area contributed by atoms with Gasteiger partial charge in [0.05, 0.1) is 0 Å². The maximum Gasteiger partial charge on any atom is 0.169 e. The highest BCUT2D eigenvalue weighted by molar-refractivity contribution is 5.49. The Morgan fingerprint density at radius 1 is 0.739 bits per heavy atom. The molecule has 0 aliphatic heterocycles. The topological polar surface area (TPSA) is 29.5 Å². The van der Waals surface area contributed by atoms with Crippen molar-refractivity contribution in [2.75, 3.05) is 0 Å². The van der Waals surface area contributed by atoms with Crippen LogP contribution in [-0.2, 0) is 19.3 Å². The number of aryl methyl sites for hydroxylation is 1. The number of hydrogen-bond acceptors (Lipinski definition) is 2. The van der Waals surface area contributed by atoms with Crippen LogP contribution in [0.5, 0.6) is 17.2 Å². The highest BCUT2D eigenvalue weighted by atomic mass is 16.5. The summed E-state index contributed by atoms with van der Waals surface area (Å²) in [5.41, 5.74) is 4.20. The molecule has 0 saturated heterocycles. The fourth-order valence-corrected chi connectivity index (χ4v) is 3.07. The fourth-order valence-electron chi connectivity index (χ4n) is 3.07. The molecule has 2 aromatic carbocycles. The summed E-state index contributed by atoms with van der Waals surface area (Å²) >= 11 is 0. The Morgan fingerprint density at radius 2 is 1.39 bits per heavy atom. The molecule has 2 aromatic rings. The first-order valence-electron chi connectivity index (χ1n) is 8.80. The smallest absolute Gasteiger partial charge is 0.169 e. The second-order valence-electron chi connectivity index (χ2n) is 6.00. The van der Waals surface area contributed by atoms with Gasteiger partial charge in [-0.3, -0.25) is 0 Å². The van der Waals surface area contributed by atoms with Gasteiger partial charge in [-0.2, -0.15) is 0 Å². The first kappa shape index (κ1) is 17.4. The number of para-hydroxylation sites is 2. The minimum atomic E-state index is 0.185. The van der Waals surface area contributed by atoms with Crippen molar-refractivity contribution in [3.8, 4) is 17.2 Å². The third-order valence-electron chi connectivity index (χ3n) is 4.09. The molecule has 0 amide bonds. The predicted molar refractivity (Wildman–Crippen MR) is 96.6 cm³/mol. The van der Waals surface area contributed by atoms with E-state index in [0.717, 1.165) is 44.3 Å². The van der Waals surface area contributed by atoms with Gasteiger partial charge in [0.2, 0.25) is 0 Å². The zero-order chi connectivity index (χ0) is 16.7. The Hall–Kier alpha value is -1.96. The summed E-state index contributed by atoms with van der Waals surface area (Å²) in [5.74, 6) is 1.59. The fraction of sp³-hybridized carbons (Fsp3) is 0.429. The molecule has 124 valence electrons. The average molecular weight is 312 g/mol. The molecule has 0 fully saturated rings. The van der Waals surface area contributed by atoms with E-state index in [1.165, 1.54) is 16.7 Å². The summed E-state index contributed by atoms with van der Waals surface area (Å²) in [7, 11) is 0. The van der Waals surface area contributed by atoms with E-state index in [4.69, 9.17) is 4.74 Å². The standard InChI is InChI=1S/C21H28O2/c1-4-9-16-14-15-20(18(11-6-3)17(16)10-5-2)23-21-13-8-7-12-19(21)22/h7-8,12-15,22H,4-6,9-11H2,1-3H3. The third kappa shape index (κ3) is 4.28. The van der Waals surface area contributed by atoms with Gasteiger partial charge >= 0.3 is 0 Å². The molecule has 0 atom stereocenters. The number of ether oxygens (including phenoxy) is 1. The molecule has 2 nitrogen and oxygen atoms in total. The number of benzene rings is 2.